The number of anilines is 1. The van der Waals surface area contributed by atoms with E-state index in [0.717, 1.165) is 5.56 Å². The number of halogens is 2. The van der Waals surface area contributed by atoms with Crippen LogP contribution < -0.4 is 11.1 Å². The zero-order valence-corrected chi connectivity index (χ0v) is 14.1. The first-order chi connectivity index (χ1) is 8.81. The van der Waals surface area contributed by atoms with Crippen LogP contribution in [0.25, 0.3) is 0 Å². The molecule has 0 heterocycles. The first kappa shape index (κ1) is 19.4. The molecule has 20 heavy (non-hydrogen) atoms. The molecule has 1 aromatic rings. The number of carbonyl (C=O) groups excluding carboxylic acids is 1. The molecular formula is C13H20Cl2N2O2S. The van der Waals surface area contributed by atoms with Crippen molar-refractivity contribution in [2.24, 2.45) is 11.7 Å². The summed E-state index contributed by atoms with van der Waals surface area (Å²) < 4.78 is 11.2. The maximum absolute atomic E-state index is 11.9. The number of nitrogens with two attached hydrogens (primary N) is 1. The minimum absolute atomic E-state index is 0. The molecule has 0 aliphatic heterocycles. The lowest BCUT2D eigenvalue weighted by Gasteiger charge is -2.16. The van der Waals surface area contributed by atoms with Gasteiger partial charge in [-0.15, -0.1) is 12.4 Å². The van der Waals surface area contributed by atoms with Crippen LogP contribution in [0.5, 0.6) is 0 Å². The summed E-state index contributed by atoms with van der Waals surface area (Å²) in [5, 5.41) is 3.34. The lowest BCUT2D eigenvalue weighted by Crippen LogP contribution is -2.34. The van der Waals surface area contributed by atoms with Crippen LogP contribution in [0.4, 0.5) is 5.69 Å². The fourth-order valence-electron chi connectivity index (χ4n) is 1.48. The Hall–Kier alpha value is -0.620. The summed E-state index contributed by atoms with van der Waals surface area (Å²) in [6.45, 7) is 3.57. The van der Waals surface area contributed by atoms with E-state index >= 15 is 0 Å². The third kappa shape index (κ3) is 5.79. The fraction of sp³-hybridized carbons (Fsp3) is 0.462. The number of rotatable bonds is 5. The summed E-state index contributed by atoms with van der Waals surface area (Å²) >= 11 is 6.02. The molecule has 7 heteroatoms. The zero-order valence-electron chi connectivity index (χ0n) is 11.7. The number of nitrogens with one attached hydrogen (secondary N) is 1. The number of amides is 1. The number of hydrogen-bond acceptors (Lipinski definition) is 3. The second-order valence-corrected chi connectivity index (χ2v) is 6.50. The van der Waals surface area contributed by atoms with Crippen LogP contribution in [0.3, 0.4) is 0 Å². The summed E-state index contributed by atoms with van der Waals surface area (Å²) in [7, 11) is -0.981. The Bertz CT molecular complexity index is 495. The molecule has 114 valence electrons. The highest BCUT2D eigenvalue weighted by Crippen LogP contribution is 2.22. The van der Waals surface area contributed by atoms with E-state index < -0.39 is 10.8 Å². The van der Waals surface area contributed by atoms with Gasteiger partial charge in [-0.2, -0.15) is 0 Å². The van der Waals surface area contributed by atoms with Crippen molar-refractivity contribution in [2.75, 3.05) is 11.6 Å². The minimum Gasteiger partial charge on any atom is -0.327 e. The molecule has 0 aromatic heterocycles. The minimum atomic E-state index is -0.981. The quantitative estimate of drug-likeness (QED) is 0.866. The maximum Gasteiger partial charge on any atom is 0.228 e. The maximum atomic E-state index is 11.9. The largest absolute Gasteiger partial charge is 0.327 e. The molecule has 1 rings (SSSR count). The average Bonchev–Trinajstić information content (AvgIpc) is 2.31. The SMILES string of the molecule is CC(N)C(C)C(=O)Nc1ccc(Cl)c(CS(C)=O)c1.Cl. The van der Waals surface area contributed by atoms with Gasteiger partial charge < -0.3 is 11.1 Å². The van der Waals surface area contributed by atoms with Gasteiger partial charge in [0.25, 0.3) is 0 Å². The van der Waals surface area contributed by atoms with Crippen molar-refractivity contribution in [1.82, 2.24) is 0 Å². The molecule has 0 radical (unpaired) electrons. The van der Waals surface area contributed by atoms with Crippen LogP contribution in [-0.4, -0.2) is 22.4 Å². The number of carbonyl (C=O) groups is 1. The van der Waals surface area contributed by atoms with Gasteiger partial charge in [0.1, 0.15) is 0 Å². The van der Waals surface area contributed by atoms with Crippen LogP contribution in [0, 0.1) is 5.92 Å². The molecule has 3 unspecified atom stereocenters. The first-order valence-corrected chi connectivity index (χ1v) is 8.06. The van der Waals surface area contributed by atoms with E-state index in [0.29, 0.717) is 16.5 Å². The molecule has 0 fully saturated rings. The molecular weight excluding hydrogens is 319 g/mol. The van der Waals surface area contributed by atoms with Crippen molar-refractivity contribution < 1.29 is 9.00 Å². The first-order valence-electron chi connectivity index (χ1n) is 5.96. The highest BCUT2D eigenvalue weighted by Gasteiger charge is 2.17. The molecule has 0 aliphatic rings. The molecule has 0 saturated carbocycles. The monoisotopic (exact) mass is 338 g/mol. The van der Waals surface area contributed by atoms with Crippen molar-refractivity contribution in [3.8, 4) is 0 Å². The lowest BCUT2D eigenvalue weighted by atomic mass is 10.0. The summed E-state index contributed by atoms with van der Waals surface area (Å²) in [6.07, 6.45) is 1.61. The van der Waals surface area contributed by atoms with E-state index in [1.807, 2.05) is 0 Å². The Morgan fingerprint density at radius 1 is 1.45 bits per heavy atom. The Morgan fingerprint density at radius 2 is 2.05 bits per heavy atom. The van der Waals surface area contributed by atoms with Crippen LogP contribution in [0.2, 0.25) is 5.02 Å². The van der Waals surface area contributed by atoms with Gasteiger partial charge in [0.2, 0.25) is 5.91 Å². The van der Waals surface area contributed by atoms with Crippen LogP contribution in [0.1, 0.15) is 19.4 Å². The highest BCUT2D eigenvalue weighted by molar-refractivity contribution is 7.83. The van der Waals surface area contributed by atoms with Crippen molar-refractivity contribution in [1.29, 1.82) is 0 Å². The van der Waals surface area contributed by atoms with E-state index in [-0.39, 0.29) is 30.3 Å². The smallest absolute Gasteiger partial charge is 0.228 e. The normalized spacial score (nSPS) is 14.8. The van der Waals surface area contributed by atoms with E-state index in [2.05, 4.69) is 5.32 Å². The van der Waals surface area contributed by atoms with Crippen LogP contribution >= 0.6 is 24.0 Å². The Kier molecular flexibility index (Phi) is 8.35. The molecule has 1 amide bonds. The van der Waals surface area contributed by atoms with E-state index in [4.69, 9.17) is 17.3 Å². The second kappa shape index (κ2) is 8.62. The third-order valence-electron chi connectivity index (χ3n) is 2.87. The third-order valence-corrected chi connectivity index (χ3v) is 3.96. The average molecular weight is 339 g/mol. The zero-order chi connectivity index (χ0) is 14.6. The summed E-state index contributed by atoms with van der Waals surface area (Å²) in [4.78, 5) is 11.9. The van der Waals surface area contributed by atoms with Crippen molar-refractivity contribution in [2.45, 2.75) is 25.6 Å². The lowest BCUT2D eigenvalue weighted by molar-refractivity contribution is -0.119. The van der Waals surface area contributed by atoms with Gasteiger partial charge in [-0.05, 0) is 30.7 Å². The molecule has 3 N–H and O–H groups in total. The Labute approximate surface area is 133 Å². The predicted octanol–water partition coefficient (Wildman–Crippen LogP) is 2.56. The van der Waals surface area contributed by atoms with Gasteiger partial charge in [-0.3, -0.25) is 9.00 Å². The summed E-state index contributed by atoms with van der Waals surface area (Å²) in [5.74, 6) is -0.0499. The van der Waals surface area contributed by atoms with Crippen molar-refractivity contribution >= 4 is 46.4 Å². The van der Waals surface area contributed by atoms with E-state index in [1.165, 1.54) is 0 Å². The molecule has 3 atom stereocenters. The van der Waals surface area contributed by atoms with Gasteiger partial charge in [0.15, 0.2) is 0 Å². The van der Waals surface area contributed by atoms with Crippen molar-refractivity contribution in [3.63, 3.8) is 0 Å². The van der Waals surface area contributed by atoms with E-state index in [1.54, 1.807) is 38.3 Å². The van der Waals surface area contributed by atoms with Crippen LogP contribution in [0.15, 0.2) is 18.2 Å². The number of hydrogen-bond donors (Lipinski definition) is 2. The molecule has 0 aliphatic carbocycles. The van der Waals surface area contributed by atoms with Crippen LogP contribution in [-0.2, 0) is 21.3 Å². The van der Waals surface area contributed by atoms with Crippen molar-refractivity contribution in [3.05, 3.63) is 28.8 Å². The molecule has 4 nitrogen and oxygen atoms in total. The van der Waals surface area contributed by atoms with Gasteiger partial charge in [0, 0.05) is 39.6 Å². The number of benzene rings is 1. The molecule has 1 aromatic carbocycles. The van der Waals surface area contributed by atoms with Gasteiger partial charge >= 0.3 is 0 Å². The summed E-state index contributed by atoms with van der Waals surface area (Å²) in [6, 6.07) is 4.94. The fourth-order valence-corrected chi connectivity index (χ4v) is 2.42. The van der Waals surface area contributed by atoms with Gasteiger partial charge in [0.05, 0.1) is 5.92 Å². The van der Waals surface area contributed by atoms with Gasteiger partial charge in [-0.25, -0.2) is 0 Å². The highest BCUT2D eigenvalue weighted by atomic mass is 35.5. The Morgan fingerprint density at radius 3 is 2.55 bits per heavy atom. The Balaban J connectivity index is 0.00000361. The topological polar surface area (TPSA) is 72.2 Å². The summed E-state index contributed by atoms with van der Waals surface area (Å²) in [5.41, 5.74) is 7.09. The molecule has 0 spiro atoms. The van der Waals surface area contributed by atoms with Gasteiger partial charge in [-0.1, -0.05) is 18.5 Å². The standard InChI is InChI=1S/C13H19ClN2O2S.ClH/c1-8(9(2)15)13(17)16-11-4-5-12(14)10(6-11)7-19(3)18;/h4-6,8-9H,7,15H2,1-3H3,(H,16,17);1H. The van der Waals surface area contributed by atoms with E-state index in [9.17, 15) is 9.00 Å². The molecule has 0 bridgehead atoms. The second-order valence-electron chi connectivity index (χ2n) is 4.66. The molecule has 0 saturated heterocycles. The predicted molar refractivity (Wildman–Crippen MR) is 87.9 cm³/mol.